The third kappa shape index (κ3) is 4.67. The number of nitrogens with zero attached hydrogens (tertiary/aromatic N) is 2. The smallest absolute Gasteiger partial charge is 0.254 e. The molecule has 1 aromatic carbocycles. The Kier molecular flexibility index (Phi) is 5.80. The highest BCUT2D eigenvalue weighted by Gasteiger charge is 2.17. The van der Waals surface area contributed by atoms with Crippen LogP contribution >= 0.6 is 11.3 Å². The lowest BCUT2D eigenvalue weighted by Gasteiger charge is -2.22. The first-order valence-electron chi connectivity index (χ1n) is 8.19. The van der Waals surface area contributed by atoms with Crippen LogP contribution in [0.15, 0.2) is 65.5 Å². The Hall–Kier alpha value is -2.66. The number of thiophene rings is 1. The topological polar surface area (TPSA) is 42.4 Å². The third-order valence-electron chi connectivity index (χ3n) is 3.73. The van der Waals surface area contributed by atoms with Gasteiger partial charge >= 0.3 is 0 Å². The molecule has 0 aliphatic carbocycles. The van der Waals surface area contributed by atoms with E-state index in [0.717, 1.165) is 17.0 Å². The Labute approximate surface area is 151 Å². The number of rotatable bonds is 7. The van der Waals surface area contributed by atoms with E-state index < -0.39 is 0 Å². The quantitative estimate of drug-likeness (QED) is 0.633. The fourth-order valence-electron chi connectivity index (χ4n) is 2.53. The molecule has 128 valence electrons. The van der Waals surface area contributed by atoms with Crippen molar-refractivity contribution in [2.24, 2.45) is 0 Å². The number of hydrogen-bond donors (Lipinski definition) is 0. The van der Waals surface area contributed by atoms with Crippen LogP contribution in [0.3, 0.4) is 0 Å². The van der Waals surface area contributed by atoms with Gasteiger partial charge in [-0.2, -0.15) is 11.3 Å². The molecule has 0 unspecified atom stereocenters. The highest BCUT2D eigenvalue weighted by molar-refractivity contribution is 7.07. The Bertz CT molecular complexity index is 786. The summed E-state index contributed by atoms with van der Waals surface area (Å²) in [6, 6.07) is 15.1. The number of aromatic nitrogens is 1. The molecule has 0 N–H and O–H groups in total. The predicted molar refractivity (Wildman–Crippen MR) is 99.7 cm³/mol. The normalized spacial score (nSPS) is 10.4. The summed E-state index contributed by atoms with van der Waals surface area (Å²) in [6.07, 6.45) is 1.75. The minimum absolute atomic E-state index is 0.0140. The van der Waals surface area contributed by atoms with Crippen molar-refractivity contribution >= 4 is 17.2 Å². The number of hydrogen-bond acceptors (Lipinski definition) is 4. The Balaban J connectivity index is 1.80. The van der Waals surface area contributed by atoms with E-state index in [1.807, 2.05) is 65.7 Å². The van der Waals surface area contributed by atoms with Crippen molar-refractivity contribution in [3.05, 3.63) is 82.3 Å². The molecule has 1 amide bonds. The van der Waals surface area contributed by atoms with E-state index in [1.54, 1.807) is 17.5 Å². The van der Waals surface area contributed by atoms with Crippen LogP contribution in [0.25, 0.3) is 0 Å². The zero-order valence-electron chi connectivity index (χ0n) is 14.1. The van der Waals surface area contributed by atoms with Gasteiger partial charge in [0.2, 0.25) is 0 Å². The SMILES string of the molecule is CCOc1ccc(C(=O)N(Cc2ccsc2)Cc2ccccn2)cc1. The van der Waals surface area contributed by atoms with Gasteiger partial charge in [0.1, 0.15) is 5.75 Å². The van der Waals surface area contributed by atoms with Crippen LogP contribution in [0.4, 0.5) is 0 Å². The number of carbonyl (C=O) groups is 1. The third-order valence-corrected chi connectivity index (χ3v) is 4.46. The van der Waals surface area contributed by atoms with Crippen LogP contribution < -0.4 is 4.74 Å². The van der Waals surface area contributed by atoms with Crippen LogP contribution in [-0.2, 0) is 13.1 Å². The molecule has 3 rings (SSSR count). The first-order valence-corrected chi connectivity index (χ1v) is 9.13. The average Bonchev–Trinajstić information content (AvgIpc) is 3.15. The first kappa shape index (κ1) is 17.2. The average molecular weight is 352 g/mol. The van der Waals surface area contributed by atoms with Gasteiger partial charge < -0.3 is 9.64 Å². The van der Waals surface area contributed by atoms with E-state index in [9.17, 15) is 4.79 Å². The summed E-state index contributed by atoms with van der Waals surface area (Å²) >= 11 is 1.63. The lowest BCUT2D eigenvalue weighted by atomic mass is 10.1. The number of carbonyl (C=O) groups excluding carboxylic acids is 1. The highest BCUT2D eigenvalue weighted by atomic mass is 32.1. The molecule has 0 aliphatic rings. The molecule has 0 radical (unpaired) electrons. The van der Waals surface area contributed by atoms with E-state index in [0.29, 0.717) is 25.3 Å². The lowest BCUT2D eigenvalue weighted by Crippen LogP contribution is -2.30. The Morgan fingerprint density at radius 1 is 1.12 bits per heavy atom. The molecule has 2 heterocycles. The van der Waals surface area contributed by atoms with Gasteiger partial charge in [-0.05, 0) is 65.7 Å². The zero-order chi connectivity index (χ0) is 17.5. The van der Waals surface area contributed by atoms with Crippen molar-refractivity contribution in [3.63, 3.8) is 0 Å². The van der Waals surface area contributed by atoms with Gasteiger partial charge in [-0.25, -0.2) is 0 Å². The minimum Gasteiger partial charge on any atom is -0.494 e. The van der Waals surface area contributed by atoms with Gasteiger partial charge in [0.25, 0.3) is 5.91 Å². The standard InChI is InChI=1S/C20H20N2O2S/c1-2-24-19-8-6-17(7-9-19)20(23)22(13-16-10-12-25-15-16)14-18-5-3-4-11-21-18/h3-12,15H,2,13-14H2,1H3. The molecule has 0 saturated heterocycles. The lowest BCUT2D eigenvalue weighted by molar-refractivity contribution is 0.0728. The van der Waals surface area contributed by atoms with E-state index >= 15 is 0 Å². The highest BCUT2D eigenvalue weighted by Crippen LogP contribution is 2.18. The number of ether oxygens (including phenoxy) is 1. The van der Waals surface area contributed by atoms with Gasteiger partial charge in [0.15, 0.2) is 0 Å². The van der Waals surface area contributed by atoms with Crippen molar-refractivity contribution in [2.75, 3.05) is 6.61 Å². The largest absolute Gasteiger partial charge is 0.494 e. The molecule has 25 heavy (non-hydrogen) atoms. The Morgan fingerprint density at radius 2 is 1.96 bits per heavy atom. The number of amides is 1. The maximum absolute atomic E-state index is 13.0. The molecular formula is C20H20N2O2S. The van der Waals surface area contributed by atoms with Crippen LogP contribution in [0.2, 0.25) is 0 Å². The van der Waals surface area contributed by atoms with Crippen LogP contribution in [0.1, 0.15) is 28.5 Å². The maximum Gasteiger partial charge on any atom is 0.254 e. The summed E-state index contributed by atoms with van der Waals surface area (Å²) in [6.45, 7) is 3.58. The van der Waals surface area contributed by atoms with Crippen molar-refractivity contribution in [3.8, 4) is 5.75 Å². The second kappa shape index (κ2) is 8.44. The molecule has 4 nitrogen and oxygen atoms in total. The molecule has 0 saturated carbocycles. The van der Waals surface area contributed by atoms with E-state index in [1.165, 1.54) is 0 Å². The summed E-state index contributed by atoms with van der Waals surface area (Å²) in [5, 5.41) is 4.09. The fourth-order valence-corrected chi connectivity index (χ4v) is 3.19. The van der Waals surface area contributed by atoms with Crippen molar-refractivity contribution in [1.29, 1.82) is 0 Å². The zero-order valence-corrected chi connectivity index (χ0v) is 14.9. The maximum atomic E-state index is 13.0. The molecule has 3 aromatic rings. The first-order chi connectivity index (χ1) is 12.3. The van der Waals surface area contributed by atoms with Gasteiger partial charge in [-0.3, -0.25) is 9.78 Å². The second-order valence-corrected chi connectivity index (χ2v) is 6.35. The molecule has 2 aromatic heterocycles. The number of pyridine rings is 1. The molecule has 0 bridgehead atoms. The van der Waals surface area contributed by atoms with Crippen molar-refractivity contribution in [2.45, 2.75) is 20.0 Å². The van der Waals surface area contributed by atoms with E-state index in [4.69, 9.17) is 4.74 Å². The molecule has 0 atom stereocenters. The molecule has 0 spiro atoms. The molecule has 5 heteroatoms. The summed E-state index contributed by atoms with van der Waals surface area (Å²) < 4.78 is 5.45. The molecular weight excluding hydrogens is 332 g/mol. The number of benzene rings is 1. The van der Waals surface area contributed by atoms with Crippen LogP contribution in [0, 0.1) is 0 Å². The fraction of sp³-hybridized carbons (Fsp3) is 0.200. The summed E-state index contributed by atoms with van der Waals surface area (Å²) in [5.74, 6) is 0.757. The van der Waals surface area contributed by atoms with Crippen LogP contribution in [-0.4, -0.2) is 22.4 Å². The van der Waals surface area contributed by atoms with Crippen molar-refractivity contribution in [1.82, 2.24) is 9.88 Å². The van der Waals surface area contributed by atoms with E-state index in [-0.39, 0.29) is 5.91 Å². The summed E-state index contributed by atoms with van der Waals surface area (Å²) in [7, 11) is 0. The molecule has 0 fully saturated rings. The summed E-state index contributed by atoms with van der Waals surface area (Å²) in [5.41, 5.74) is 2.65. The van der Waals surface area contributed by atoms with Gasteiger partial charge in [0, 0.05) is 18.3 Å². The summed E-state index contributed by atoms with van der Waals surface area (Å²) in [4.78, 5) is 19.2. The minimum atomic E-state index is -0.0140. The van der Waals surface area contributed by atoms with Gasteiger partial charge in [0.05, 0.1) is 18.8 Å². The molecule has 0 aliphatic heterocycles. The second-order valence-electron chi connectivity index (χ2n) is 5.57. The predicted octanol–water partition coefficient (Wildman–Crippen LogP) is 4.38. The van der Waals surface area contributed by atoms with E-state index in [2.05, 4.69) is 10.4 Å². The van der Waals surface area contributed by atoms with Crippen LogP contribution in [0.5, 0.6) is 5.75 Å². The van der Waals surface area contributed by atoms with Crippen molar-refractivity contribution < 1.29 is 9.53 Å². The van der Waals surface area contributed by atoms with Gasteiger partial charge in [-0.1, -0.05) is 6.07 Å². The Morgan fingerprint density at radius 3 is 2.60 bits per heavy atom. The van der Waals surface area contributed by atoms with Gasteiger partial charge in [-0.15, -0.1) is 0 Å². The monoisotopic (exact) mass is 352 g/mol.